The third-order valence-electron chi connectivity index (χ3n) is 3.24. The molecule has 1 aromatic carbocycles. The van der Waals surface area contributed by atoms with Crippen molar-refractivity contribution in [3.63, 3.8) is 0 Å². The largest absolute Gasteiger partial charge is 0.381 e. The van der Waals surface area contributed by atoms with E-state index in [2.05, 4.69) is 49.6 Å². The van der Waals surface area contributed by atoms with E-state index >= 15 is 0 Å². The molecule has 2 rings (SSSR count). The quantitative estimate of drug-likeness (QED) is 0.815. The number of anilines is 1. The number of hydrogen-bond acceptors (Lipinski definition) is 2. The molecule has 0 fully saturated rings. The van der Waals surface area contributed by atoms with Crippen molar-refractivity contribution in [1.29, 1.82) is 0 Å². The number of fused-ring (bicyclic) bond motifs is 1. The normalized spacial score (nSPS) is 19.4. The minimum Gasteiger partial charge on any atom is -0.381 e. The Morgan fingerprint density at radius 2 is 2.25 bits per heavy atom. The van der Waals surface area contributed by atoms with Gasteiger partial charge in [-0.1, -0.05) is 32.0 Å². The highest BCUT2D eigenvalue weighted by Crippen LogP contribution is 2.27. The maximum Gasteiger partial charge on any atom is 0.0405 e. The Hall–Kier alpha value is -1.02. The molecule has 88 valence electrons. The molecule has 2 nitrogen and oxygen atoms in total. The Balaban J connectivity index is 2.03. The summed E-state index contributed by atoms with van der Waals surface area (Å²) in [6.07, 6.45) is 2.44. The van der Waals surface area contributed by atoms with Crippen LogP contribution in [0.25, 0.3) is 0 Å². The maximum absolute atomic E-state index is 3.66. The first-order chi connectivity index (χ1) is 7.66. The molecule has 2 heteroatoms. The zero-order valence-corrected chi connectivity index (χ0v) is 10.5. The van der Waals surface area contributed by atoms with Crippen LogP contribution in [0.15, 0.2) is 18.2 Å². The summed E-state index contributed by atoms with van der Waals surface area (Å²) in [6, 6.07) is 7.73. The monoisotopic (exact) mass is 218 g/mol. The van der Waals surface area contributed by atoms with Crippen LogP contribution in [-0.2, 0) is 6.42 Å². The molecular formula is C14H22N2. The minimum atomic E-state index is 0.570. The van der Waals surface area contributed by atoms with E-state index in [1.165, 1.54) is 29.7 Å². The SMILES string of the molecule is Cc1cccc2c1NC(CNC(C)C)CC2. The second-order valence-corrected chi connectivity index (χ2v) is 5.05. The fraction of sp³-hybridized carbons (Fsp3) is 0.571. The van der Waals surface area contributed by atoms with E-state index in [-0.39, 0.29) is 0 Å². The van der Waals surface area contributed by atoms with E-state index < -0.39 is 0 Å². The van der Waals surface area contributed by atoms with Crippen molar-refractivity contribution >= 4 is 5.69 Å². The highest BCUT2D eigenvalue weighted by atomic mass is 15.0. The lowest BCUT2D eigenvalue weighted by molar-refractivity contribution is 0.516. The molecule has 0 bridgehead atoms. The van der Waals surface area contributed by atoms with Crippen LogP contribution in [0.2, 0.25) is 0 Å². The van der Waals surface area contributed by atoms with Gasteiger partial charge in [0.05, 0.1) is 0 Å². The van der Waals surface area contributed by atoms with Gasteiger partial charge in [-0.3, -0.25) is 0 Å². The molecule has 0 saturated heterocycles. The molecule has 1 unspecified atom stereocenters. The third kappa shape index (κ3) is 2.56. The topological polar surface area (TPSA) is 24.1 Å². The molecule has 1 aliphatic heterocycles. The summed E-state index contributed by atoms with van der Waals surface area (Å²) in [5, 5.41) is 7.16. The summed E-state index contributed by atoms with van der Waals surface area (Å²) in [4.78, 5) is 0. The molecule has 0 aliphatic carbocycles. The van der Waals surface area contributed by atoms with Crippen LogP contribution in [0.3, 0.4) is 0 Å². The predicted molar refractivity (Wildman–Crippen MR) is 70.0 cm³/mol. The molecule has 0 spiro atoms. The summed E-state index contributed by atoms with van der Waals surface area (Å²) in [5.41, 5.74) is 4.21. The van der Waals surface area contributed by atoms with E-state index in [0.29, 0.717) is 12.1 Å². The van der Waals surface area contributed by atoms with Crippen LogP contribution in [0.5, 0.6) is 0 Å². The zero-order valence-electron chi connectivity index (χ0n) is 10.5. The average molecular weight is 218 g/mol. The predicted octanol–water partition coefficient (Wildman–Crippen LogP) is 2.72. The minimum absolute atomic E-state index is 0.570. The van der Waals surface area contributed by atoms with Crippen LogP contribution in [0.1, 0.15) is 31.4 Å². The van der Waals surface area contributed by atoms with Crippen LogP contribution in [-0.4, -0.2) is 18.6 Å². The van der Waals surface area contributed by atoms with E-state index in [9.17, 15) is 0 Å². The van der Waals surface area contributed by atoms with Gasteiger partial charge in [-0.15, -0.1) is 0 Å². The molecule has 1 aliphatic rings. The third-order valence-corrected chi connectivity index (χ3v) is 3.24. The van der Waals surface area contributed by atoms with Gasteiger partial charge in [0.15, 0.2) is 0 Å². The molecule has 0 saturated carbocycles. The highest BCUT2D eigenvalue weighted by molar-refractivity contribution is 5.59. The van der Waals surface area contributed by atoms with Gasteiger partial charge in [0.1, 0.15) is 0 Å². The van der Waals surface area contributed by atoms with E-state index in [0.717, 1.165) is 6.54 Å². The molecule has 16 heavy (non-hydrogen) atoms. The summed E-state index contributed by atoms with van der Waals surface area (Å²) in [5.74, 6) is 0. The van der Waals surface area contributed by atoms with Crippen molar-refractivity contribution in [1.82, 2.24) is 5.32 Å². The van der Waals surface area contributed by atoms with E-state index in [1.807, 2.05) is 0 Å². The van der Waals surface area contributed by atoms with Gasteiger partial charge in [0.2, 0.25) is 0 Å². The summed E-state index contributed by atoms with van der Waals surface area (Å²) in [6.45, 7) is 7.64. The van der Waals surface area contributed by atoms with Crippen molar-refractivity contribution in [3.05, 3.63) is 29.3 Å². The molecular weight excluding hydrogens is 196 g/mol. The van der Waals surface area contributed by atoms with Crippen molar-refractivity contribution in [2.24, 2.45) is 0 Å². The molecule has 1 aromatic rings. The van der Waals surface area contributed by atoms with Gasteiger partial charge < -0.3 is 10.6 Å². The van der Waals surface area contributed by atoms with Gasteiger partial charge in [-0.2, -0.15) is 0 Å². The Morgan fingerprint density at radius 1 is 1.44 bits per heavy atom. The summed E-state index contributed by atoms with van der Waals surface area (Å²) in [7, 11) is 0. The first kappa shape index (κ1) is 11.5. The number of hydrogen-bond donors (Lipinski definition) is 2. The van der Waals surface area contributed by atoms with Crippen molar-refractivity contribution in [2.45, 2.75) is 45.7 Å². The van der Waals surface area contributed by atoms with Crippen LogP contribution in [0, 0.1) is 6.92 Å². The van der Waals surface area contributed by atoms with Crippen LogP contribution < -0.4 is 10.6 Å². The van der Waals surface area contributed by atoms with E-state index in [4.69, 9.17) is 0 Å². The Labute approximate surface area is 98.4 Å². The van der Waals surface area contributed by atoms with Gasteiger partial charge in [0, 0.05) is 24.3 Å². The number of nitrogens with one attached hydrogen (secondary N) is 2. The second-order valence-electron chi connectivity index (χ2n) is 5.05. The Morgan fingerprint density at radius 3 is 3.00 bits per heavy atom. The summed E-state index contributed by atoms with van der Waals surface area (Å²) >= 11 is 0. The second kappa shape index (κ2) is 4.88. The van der Waals surface area contributed by atoms with Crippen molar-refractivity contribution in [2.75, 3.05) is 11.9 Å². The number of benzene rings is 1. The number of aryl methyl sites for hydroxylation is 2. The van der Waals surface area contributed by atoms with Gasteiger partial charge in [0.25, 0.3) is 0 Å². The zero-order chi connectivity index (χ0) is 11.5. The molecule has 0 radical (unpaired) electrons. The molecule has 0 amide bonds. The van der Waals surface area contributed by atoms with E-state index in [1.54, 1.807) is 0 Å². The van der Waals surface area contributed by atoms with Gasteiger partial charge in [-0.05, 0) is 30.9 Å². The first-order valence-corrected chi connectivity index (χ1v) is 6.25. The first-order valence-electron chi connectivity index (χ1n) is 6.25. The lowest BCUT2D eigenvalue weighted by atomic mass is 9.95. The standard InChI is InChI=1S/C14H22N2/c1-10(2)15-9-13-8-7-12-6-4-5-11(3)14(12)16-13/h4-6,10,13,15-16H,7-9H2,1-3H3. The fourth-order valence-corrected chi connectivity index (χ4v) is 2.28. The van der Waals surface area contributed by atoms with Gasteiger partial charge >= 0.3 is 0 Å². The van der Waals surface area contributed by atoms with Gasteiger partial charge in [-0.25, -0.2) is 0 Å². The number of rotatable bonds is 3. The average Bonchev–Trinajstić information content (AvgIpc) is 2.27. The molecule has 1 heterocycles. The fourth-order valence-electron chi connectivity index (χ4n) is 2.28. The molecule has 0 aromatic heterocycles. The highest BCUT2D eigenvalue weighted by Gasteiger charge is 2.18. The number of para-hydroxylation sites is 1. The lowest BCUT2D eigenvalue weighted by Crippen LogP contribution is -2.38. The maximum atomic E-state index is 3.66. The lowest BCUT2D eigenvalue weighted by Gasteiger charge is -2.29. The van der Waals surface area contributed by atoms with Crippen molar-refractivity contribution < 1.29 is 0 Å². The van der Waals surface area contributed by atoms with Crippen LogP contribution >= 0.6 is 0 Å². The molecule has 2 N–H and O–H groups in total. The summed E-state index contributed by atoms with van der Waals surface area (Å²) < 4.78 is 0. The van der Waals surface area contributed by atoms with Crippen LogP contribution in [0.4, 0.5) is 5.69 Å². The smallest absolute Gasteiger partial charge is 0.0405 e. The molecule has 1 atom stereocenters. The Bertz CT molecular complexity index is 358. The van der Waals surface area contributed by atoms with Crippen molar-refractivity contribution in [3.8, 4) is 0 Å². The Kier molecular flexibility index (Phi) is 3.49.